The third kappa shape index (κ3) is 11.5. The topological polar surface area (TPSA) is 121 Å². The number of aliphatic imine (C=N–C) groups is 1. The fourth-order valence-electron chi connectivity index (χ4n) is 6.78. The molecule has 0 spiro atoms. The van der Waals surface area contributed by atoms with Gasteiger partial charge in [0.2, 0.25) is 0 Å². The van der Waals surface area contributed by atoms with E-state index in [9.17, 15) is 9.59 Å². The summed E-state index contributed by atoms with van der Waals surface area (Å²) in [6.07, 6.45) is 3.62. The van der Waals surface area contributed by atoms with Crippen LogP contribution >= 0.6 is 0 Å². The van der Waals surface area contributed by atoms with Crippen molar-refractivity contribution in [3.8, 4) is 23.0 Å². The number of ketones is 2. The molecule has 9 heteroatoms. The molecule has 0 amide bonds. The summed E-state index contributed by atoms with van der Waals surface area (Å²) in [5, 5.41) is 3.49. The molecular formula is C48H55N3O6. The monoisotopic (exact) mass is 769 g/mol. The van der Waals surface area contributed by atoms with Crippen LogP contribution in [0.2, 0.25) is 0 Å². The number of hydrogen-bond donors (Lipinski definition) is 2. The molecule has 5 aromatic carbocycles. The summed E-state index contributed by atoms with van der Waals surface area (Å²) in [5.74, 6) is 2.08. The predicted octanol–water partition coefficient (Wildman–Crippen LogP) is 10.3. The molecular weight excluding hydrogens is 715 g/mol. The third-order valence-electron chi connectivity index (χ3n) is 9.95. The van der Waals surface area contributed by atoms with Crippen LogP contribution in [0.25, 0.3) is 0 Å². The van der Waals surface area contributed by atoms with Crippen LogP contribution in [0.5, 0.6) is 23.0 Å². The lowest BCUT2D eigenvalue weighted by molar-refractivity contribution is 0.100. The summed E-state index contributed by atoms with van der Waals surface area (Å²) >= 11 is 0. The Morgan fingerprint density at radius 3 is 1.77 bits per heavy atom. The smallest absolute Gasteiger partial charge is 0.163 e. The number of nitrogen functional groups attached to an aromatic ring is 1. The van der Waals surface area contributed by atoms with Crippen molar-refractivity contribution >= 4 is 34.8 Å². The van der Waals surface area contributed by atoms with Crippen LogP contribution in [0.3, 0.4) is 0 Å². The van der Waals surface area contributed by atoms with Gasteiger partial charge in [-0.2, -0.15) is 0 Å². The van der Waals surface area contributed by atoms with Gasteiger partial charge in [-0.05, 0) is 116 Å². The maximum absolute atomic E-state index is 12.7. The normalized spacial score (nSPS) is 12.2. The van der Waals surface area contributed by atoms with E-state index in [2.05, 4.69) is 69.4 Å². The molecule has 0 saturated heterocycles. The molecule has 57 heavy (non-hydrogen) atoms. The minimum Gasteiger partial charge on any atom is -0.493 e. The average molecular weight is 770 g/mol. The first-order valence-corrected chi connectivity index (χ1v) is 19.3. The summed E-state index contributed by atoms with van der Waals surface area (Å²) in [6.45, 7) is 12.6. The number of anilines is 2. The zero-order valence-corrected chi connectivity index (χ0v) is 34.4. The number of nitrogens with two attached hydrogens (primary N) is 1. The molecule has 3 N–H and O–H groups in total. The van der Waals surface area contributed by atoms with Gasteiger partial charge in [0.25, 0.3) is 0 Å². The summed E-state index contributed by atoms with van der Waals surface area (Å²) < 4.78 is 23.9. The first-order chi connectivity index (χ1) is 27.3. The van der Waals surface area contributed by atoms with E-state index in [1.165, 1.54) is 29.2 Å². The second kappa shape index (κ2) is 19.7. The minimum absolute atomic E-state index is 0.0754. The molecule has 0 aliphatic rings. The van der Waals surface area contributed by atoms with Gasteiger partial charge in [0.15, 0.2) is 34.6 Å². The van der Waals surface area contributed by atoms with Gasteiger partial charge in [-0.25, -0.2) is 0 Å². The van der Waals surface area contributed by atoms with Crippen LogP contribution < -0.4 is 30.0 Å². The molecule has 0 aromatic heterocycles. The Balaban J connectivity index is 1.30. The van der Waals surface area contributed by atoms with E-state index in [0.717, 1.165) is 24.0 Å². The number of methoxy groups -OCH3 is 2. The maximum atomic E-state index is 12.7. The van der Waals surface area contributed by atoms with Crippen LogP contribution in [0, 0.1) is 25.7 Å². The van der Waals surface area contributed by atoms with Crippen LogP contribution in [0.1, 0.15) is 81.8 Å². The molecule has 2 atom stereocenters. The van der Waals surface area contributed by atoms with E-state index in [1.54, 1.807) is 39.3 Å². The lowest BCUT2D eigenvalue weighted by Crippen LogP contribution is -2.16. The number of rotatable bonds is 19. The van der Waals surface area contributed by atoms with Crippen LogP contribution in [-0.4, -0.2) is 38.5 Å². The molecule has 0 saturated carbocycles. The molecule has 0 aliphatic heterocycles. The Labute approximate surface area is 337 Å². The maximum Gasteiger partial charge on any atom is 0.163 e. The molecule has 9 nitrogen and oxygen atoms in total. The van der Waals surface area contributed by atoms with Crippen molar-refractivity contribution < 1.29 is 28.5 Å². The number of ether oxygens (including phenoxy) is 4. The van der Waals surface area contributed by atoms with Gasteiger partial charge in [0.05, 0.1) is 19.9 Å². The summed E-state index contributed by atoms with van der Waals surface area (Å²) in [4.78, 5) is 30.1. The van der Waals surface area contributed by atoms with Crippen molar-refractivity contribution in [1.82, 2.24) is 0 Å². The first-order valence-electron chi connectivity index (χ1n) is 19.3. The highest BCUT2D eigenvalue weighted by Crippen LogP contribution is 2.37. The van der Waals surface area contributed by atoms with Crippen molar-refractivity contribution in [3.63, 3.8) is 0 Å². The minimum atomic E-state index is -0.123. The van der Waals surface area contributed by atoms with Gasteiger partial charge in [-0.15, -0.1) is 0 Å². The number of aryl methyl sites for hydroxylation is 2. The van der Waals surface area contributed by atoms with Crippen molar-refractivity contribution in [2.24, 2.45) is 16.8 Å². The second-order valence-electron chi connectivity index (χ2n) is 14.8. The highest BCUT2D eigenvalue weighted by atomic mass is 16.5. The van der Waals surface area contributed by atoms with Gasteiger partial charge in [-0.3, -0.25) is 14.6 Å². The lowest BCUT2D eigenvalue weighted by atomic mass is 9.97. The number of nitrogens with one attached hydrogen (secondary N) is 1. The average Bonchev–Trinajstić information content (AvgIpc) is 3.18. The van der Waals surface area contributed by atoms with Crippen molar-refractivity contribution in [2.75, 3.05) is 31.8 Å². The Kier molecular flexibility index (Phi) is 14.5. The zero-order chi connectivity index (χ0) is 41.1. The van der Waals surface area contributed by atoms with Crippen molar-refractivity contribution in [2.45, 2.75) is 67.6 Å². The van der Waals surface area contributed by atoms with Gasteiger partial charge in [0.1, 0.15) is 13.2 Å². The first kappa shape index (κ1) is 42.1. The van der Waals surface area contributed by atoms with Gasteiger partial charge in [-0.1, -0.05) is 62.4 Å². The fourth-order valence-corrected chi connectivity index (χ4v) is 6.78. The number of benzene rings is 5. The zero-order valence-electron chi connectivity index (χ0n) is 34.4. The van der Waals surface area contributed by atoms with E-state index in [1.807, 2.05) is 42.6 Å². The number of carbonyl (C=O) groups excluding carboxylic acids is 2. The van der Waals surface area contributed by atoms with E-state index in [0.29, 0.717) is 63.6 Å². The molecule has 5 aromatic rings. The third-order valence-corrected chi connectivity index (χ3v) is 9.95. The van der Waals surface area contributed by atoms with Gasteiger partial charge in [0, 0.05) is 47.4 Å². The van der Waals surface area contributed by atoms with Crippen molar-refractivity contribution in [1.29, 1.82) is 0 Å². The lowest BCUT2D eigenvalue weighted by Gasteiger charge is -2.19. The number of Topliss-reactive ketones (excluding diaryl/α,β-unsaturated/α-hetero) is 2. The highest BCUT2D eigenvalue weighted by Gasteiger charge is 2.18. The number of carbonyl (C=O) groups is 2. The van der Waals surface area contributed by atoms with Gasteiger partial charge >= 0.3 is 0 Å². The van der Waals surface area contributed by atoms with E-state index >= 15 is 0 Å². The molecule has 0 aliphatic carbocycles. The molecule has 0 fully saturated rings. The number of hydrogen-bond acceptors (Lipinski definition) is 9. The molecule has 298 valence electrons. The molecule has 0 heterocycles. The quantitative estimate of drug-likeness (QED) is 0.0484. The Bertz CT molecular complexity index is 2230. The van der Waals surface area contributed by atoms with Crippen LogP contribution in [-0.2, 0) is 26.1 Å². The number of nitrogens with zero attached hydrogens (tertiary/aromatic N) is 1. The predicted molar refractivity (Wildman–Crippen MR) is 230 cm³/mol. The van der Waals surface area contributed by atoms with Crippen LogP contribution in [0.15, 0.2) is 96.0 Å². The van der Waals surface area contributed by atoms with E-state index in [4.69, 9.17) is 29.7 Å². The van der Waals surface area contributed by atoms with Crippen molar-refractivity contribution in [3.05, 3.63) is 136 Å². The summed E-state index contributed by atoms with van der Waals surface area (Å²) in [7, 11) is 3.10. The van der Waals surface area contributed by atoms with Gasteiger partial charge < -0.3 is 30.0 Å². The van der Waals surface area contributed by atoms with E-state index in [-0.39, 0.29) is 30.7 Å². The molecule has 0 unspecified atom stereocenters. The highest BCUT2D eigenvalue weighted by molar-refractivity contribution is 6.01. The van der Waals surface area contributed by atoms with Crippen LogP contribution in [0.4, 0.5) is 17.1 Å². The fraction of sp³-hybridized carbons (Fsp3) is 0.312. The Hall–Kier alpha value is -6.09. The standard InChI is InChI=1S/C48H55N3O6/c1-30(17-38-15-11-9-13-32(38)3)26-50-43-24-47(45(54-7)22-41(43)34(5)52)56-28-36-19-37(21-40(49)20-36)29-57-48-25-44(42(35(6)53)23-46(48)55-8)51-27-31(2)18-39-16-12-10-14-33(39)4/h9-16,19-26,30-31,51H,17-18,27-29,49H2,1-8H3/t30-,31-/m0/s1. The molecule has 0 bridgehead atoms. The Morgan fingerprint density at radius 2 is 1.23 bits per heavy atom. The summed E-state index contributed by atoms with van der Waals surface area (Å²) in [6, 6.07) is 29.3. The SMILES string of the molecule is COc1cc(C(C)=O)c(N=C[C@@H](C)Cc2ccccc2C)cc1OCc1cc(N)cc(COc2cc(NC[C@@H](C)Cc3ccccc3C)c(C(C)=O)cc2OC)c1. The summed E-state index contributed by atoms with van der Waals surface area (Å²) in [5.41, 5.74) is 15.8. The second-order valence-corrected chi connectivity index (χ2v) is 14.8. The largest absolute Gasteiger partial charge is 0.493 e. The molecule has 5 rings (SSSR count). The van der Waals surface area contributed by atoms with E-state index < -0.39 is 0 Å². The molecule has 0 radical (unpaired) electrons. The Morgan fingerprint density at radius 1 is 0.702 bits per heavy atom.